The normalized spacial score (nSPS) is 13.0. The molecule has 25 heavy (non-hydrogen) atoms. The molecule has 130 valence electrons. The smallest absolute Gasteiger partial charge is 0.233 e. The Balaban J connectivity index is 1.96. The highest BCUT2D eigenvalue weighted by Gasteiger charge is 2.22. The maximum absolute atomic E-state index is 12.4. The zero-order valence-corrected chi connectivity index (χ0v) is 16.4. The van der Waals surface area contributed by atoms with Crippen molar-refractivity contribution in [3.8, 4) is 10.7 Å². The van der Waals surface area contributed by atoms with Crippen LogP contribution in [0.4, 0.5) is 0 Å². The first kappa shape index (κ1) is 17.9. The maximum Gasteiger partial charge on any atom is 0.233 e. The Labute approximate surface area is 156 Å². The molecule has 0 fully saturated rings. The molecule has 0 bridgehead atoms. The minimum atomic E-state index is -0.248. The maximum atomic E-state index is 12.4. The summed E-state index contributed by atoms with van der Waals surface area (Å²) in [5.41, 5.74) is 0.647. The number of nitrogens with one attached hydrogen (secondary N) is 1. The molecule has 4 nitrogen and oxygen atoms in total. The molecule has 0 saturated carbocycles. The molecule has 1 amide bonds. The fraction of sp³-hybridized carbons (Fsp3) is 0.316. The van der Waals surface area contributed by atoms with E-state index in [0.717, 1.165) is 20.8 Å². The average Bonchev–Trinajstić information content (AvgIpc) is 3.07. The molecular weight excluding hydrogens is 350 g/mol. The first-order valence-corrected chi connectivity index (χ1v) is 9.89. The number of nitrogens with zero attached hydrogens (tertiary/aromatic N) is 2. The van der Waals surface area contributed by atoms with Crippen molar-refractivity contribution >= 4 is 39.9 Å². The van der Waals surface area contributed by atoms with E-state index in [0.29, 0.717) is 5.82 Å². The highest BCUT2D eigenvalue weighted by Crippen LogP contribution is 2.32. The number of carbonyl (C=O) groups is 1. The van der Waals surface area contributed by atoms with Crippen molar-refractivity contribution in [1.29, 1.82) is 0 Å². The van der Waals surface area contributed by atoms with Crippen LogP contribution in [0.15, 0.2) is 46.8 Å². The standard InChI is InChI=1S/C19H21N3OS2/c1-12(17(23)22-19(2,3)4)25-18-13-8-5-6-9-14(13)20-16(21-18)15-10-7-11-24-15/h5-12H,1-4H3,(H,22,23)/t12-/m0/s1. The quantitative estimate of drug-likeness (QED) is 0.531. The van der Waals surface area contributed by atoms with Crippen molar-refractivity contribution in [3.05, 3.63) is 41.8 Å². The van der Waals surface area contributed by atoms with Crippen molar-refractivity contribution in [2.75, 3.05) is 0 Å². The van der Waals surface area contributed by atoms with Crippen LogP contribution < -0.4 is 5.32 Å². The summed E-state index contributed by atoms with van der Waals surface area (Å²) in [6.07, 6.45) is 0. The van der Waals surface area contributed by atoms with Crippen molar-refractivity contribution in [2.45, 2.75) is 43.5 Å². The van der Waals surface area contributed by atoms with Gasteiger partial charge in [0.25, 0.3) is 0 Å². The molecule has 0 unspecified atom stereocenters. The summed E-state index contributed by atoms with van der Waals surface area (Å²) in [4.78, 5) is 22.9. The topological polar surface area (TPSA) is 54.9 Å². The van der Waals surface area contributed by atoms with Gasteiger partial charge in [-0.2, -0.15) is 0 Å². The van der Waals surface area contributed by atoms with Crippen LogP contribution >= 0.6 is 23.1 Å². The van der Waals surface area contributed by atoms with Gasteiger partial charge in [-0.25, -0.2) is 9.97 Å². The number of fused-ring (bicyclic) bond motifs is 1. The molecule has 0 aliphatic heterocycles. The Morgan fingerprint density at radius 2 is 1.92 bits per heavy atom. The van der Waals surface area contributed by atoms with E-state index in [9.17, 15) is 4.79 Å². The molecule has 0 spiro atoms. The predicted molar refractivity (Wildman–Crippen MR) is 106 cm³/mol. The van der Waals surface area contributed by atoms with Crippen molar-refractivity contribution in [1.82, 2.24) is 15.3 Å². The number of rotatable bonds is 4. The molecule has 0 aliphatic carbocycles. The summed E-state index contributed by atoms with van der Waals surface area (Å²) in [5.74, 6) is 0.720. The van der Waals surface area contributed by atoms with Crippen molar-refractivity contribution < 1.29 is 4.79 Å². The molecule has 3 aromatic rings. The summed E-state index contributed by atoms with van der Waals surface area (Å²) in [5, 5.41) is 6.61. The molecule has 6 heteroatoms. The molecule has 0 radical (unpaired) electrons. The van der Waals surface area contributed by atoms with Crippen LogP contribution in [0.25, 0.3) is 21.6 Å². The Kier molecular flexibility index (Phi) is 5.11. The third kappa shape index (κ3) is 4.38. The highest BCUT2D eigenvalue weighted by molar-refractivity contribution is 8.00. The Hall–Kier alpha value is -1.92. The van der Waals surface area contributed by atoms with E-state index in [4.69, 9.17) is 4.98 Å². The first-order valence-electron chi connectivity index (χ1n) is 8.13. The van der Waals surface area contributed by atoms with E-state index in [1.54, 1.807) is 11.3 Å². The van der Waals surface area contributed by atoms with E-state index >= 15 is 0 Å². The lowest BCUT2D eigenvalue weighted by Gasteiger charge is -2.23. The van der Waals surface area contributed by atoms with E-state index in [1.165, 1.54) is 11.8 Å². The second-order valence-corrected chi connectivity index (χ2v) is 9.12. The summed E-state index contributed by atoms with van der Waals surface area (Å²) < 4.78 is 0. The molecule has 2 aromatic heterocycles. The Morgan fingerprint density at radius 3 is 2.60 bits per heavy atom. The molecule has 1 aromatic carbocycles. The Bertz CT molecular complexity index is 885. The third-order valence-electron chi connectivity index (χ3n) is 3.47. The van der Waals surface area contributed by atoms with Crippen LogP contribution in [-0.2, 0) is 4.79 Å². The molecule has 2 heterocycles. The lowest BCUT2D eigenvalue weighted by molar-refractivity contribution is -0.121. The van der Waals surface area contributed by atoms with E-state index in [1.807, 2.05) is 69.5 Å². The van der Waals surface area contributed by atoms with Gasteiger partial charge >= 0.3 is 0 Å². The monoisotopic (exact) mass is 371 g/mol. The van der Waals surface area contributed by atoms with Crippen LogP contribution in [-0.4, -0.2) is 26.7 Å². The largest absolute Gasteiger partial charge is 0.351 e. The summed E-state index contributed by atoms with van der Waals surface area (Å²) in [7, 11) is 0. The summed E-state index contributed by atoms with van der Waals surface area (Å²) >= 11 is 3.09. The van der Waals surface area contributed by atoms with Gasteiger partial charge in [0.1, 0.15) is 5.03 Å². The van der Waals surface area contributed by atoms with Gasteiger partial charge in [0.05, 0.1) is 15.6 Å². The average molecular weight is 372 g/mol. The van der Waals surface area contributed by atoms with Gasteiger partial charge in [-0.1, -0.05) is 36.0 Å². The van der Waals surface area contributed by atoms with Crippen molar-refractivity contribution in [2.24, 2.45) is 0 Å². The van der Waals surface area contributed by atoms with Crippen LogP contribution in [0.1, 0.15) is 27.7 Å². The molecular formula is C19H21N3OS2. The summed E-state index contributed by atoms with van der Waals surface area (Å²) in [6, 6.07) is 11.9. The van der Waals surface area contributed by atoms with E-state index in [2.05, 4.69) is 10.3 Å². The number of aromatic nitrogens is 2. The van der Waals surface area contributed by atoms with Gasteiger partial charge < -0.3 is 5.32 Å². The molecule has 3 rings (SSSR count). The lowest BCUT2D eigenvalue weighted by Crippen LogP contribution is -2.44. The van der Waals surface area contributed by atoms with Gasteiger partial charge in [0.15, 0.2) is 5.82 Å². The molecule has 1 atom stereocenters. The Morgan fingerprint density at radius 1 is 1.16 bits per heavy atom. The van der Waals surface area contributed by atoms with Crippen LogP contribution in [0.5, 0.6) is 0 Å². The zero-order valence-electron chi connectivity index (χ0n) is 14.7. The van der Waals surface area contributed by atoms with Gasteiger partial charge in [-0.05, 0) is 45.2 Å². The number of thiophene rings is 1. The number of hydrogen-bond donors (Lipinski definition) is 1. The van der Waals surface area contributed by atoms with E-state index in [-0.39, 0.29) is 16.7 Å². The van der Waals surface area contributed by atoms with Gasteiger partial charge in [0, 0.05) is 10.9 Å². The number of thioether (sulfide) groups is 1. The van der Waals surface area contributed by atoms with Crippen LogP contribution in [0, 0.1) is 0 Å². The number of para-hydroxylation sites is 1. The minimum Gasteiger partial charge on any atom is -0.351 e. The van der Waals surface area contributed by atoms with Gasteiger partial charge in [-0.3, -0.25) is 4.79 Å². The van der Waals surface area contributed by atoms with Crippen LogP contribution in [0.3, 0.4) is 0 Å². The van der Waals surface area contributed by atoms with Crippen molar-refractivity contribution in [3.63, 3.8) is 0 Å². The van der Waals surface area contributed by atoms with E-state index < -0.39 is 0 Å². The van der Waals surface area contributed by atoms with Crippen LogP contribution in [0.2, 0.25) is 0 Å². The molecule has 0 saturated heterocycles. The SMILES string of the molecule is C[C@H](Sc1nc(-c2cccs2)nc2ccccc12)C(=O)NC(C)(C)C. The number of amides is 1. The fourth-order valence-electron chi connectivity index (χ4n) is 2.35. The first-order chi connectivity index (χ1) is 11.8. The molecule has 1 N–H and O–H groups in total. The highest BCUT2D eigenvalue weighted by atomic mass is 32.2. The molecule has 0 aliphatic rings. The predicted octanol–water partition coefficient (Wildman–Crippen LogP) is 4.75. The minimum absolute atomic E-state index is 0.0119. The van der Waals surface area contributed by atoms with Gasteiger partial charge in [0.2, 0.25) is 5.91 Å². The lowest BCUT2D eigenvalue weighted by atomic mass is 10.1. The number of hydrogen-bond acceptors (Lipinski definition) is 5. The van der Waals surface area contributed by atoms with Gasteiger partial charge in [-0.15, -0.1) is 11.3 Å². The zero-order chi connectivity index (χ0) is 18.0. The third-order valence-corrected chi connectivity index (χ3v) is 5.43. The fourth-order valence-corrected chi connectivity index (χ4v) is 3.94. The second kappa shape index (κ2) is 7.14. The number of benzene rings is 1. The number of carbonyl (C=O) groups excluding carboxylic acids is 1. The second-order valence-electron chi connectivity index (χ2n) is 6.85. The summed E-state index contributed by atoms with van der Waals surface area (Å²) in [6.45, 7) is 7.86.